The summed E-state index contributed by atoms with van der Waals surface area (Å²) in [6.07, 6.45) is 0. The lowest BCUT2D eigenvalue weighted by Crippen LogP contribution is -2.22. The number of primary amides is 1. The summed E-state index contributed by atoms with van der Waals surface area (Å²) in [5, 5.41) is 3.43. The summed E-state index contributed by atoms with van der Waals surface area (Å²) in [6.45, 7) is 8.17. The number of rotatable bonds is 8. The summed E-state index contributed by atoms with van der Waals surface area (Å²) in [6, 6.07) is 8.43. The fourth-order valence-electron chi connectivity index (χ4n) is 1.55. The van der Waals surface area contributed by atoms with Gasteiger partial charge in [0.25, 0.3) is 0 Å². The van der Waals surface area contributed by atoms with E-state index in [9.17, 15) is 4.79 Å². The quantitative estimate of drug-likeness (QED) is 0.720. The summed E-state index contributed by atoms with van der Waals surface area (Å²) in [4.78, 5) is 12.2. The molecule has 1 unspecified atom stereocenters. The molecule has 3 nitrogen and oxygen atoms in total. The Hall–Kier alpha value is -1.00. The van der Waals surface area contributed by atoms with E-state index in [4.69, 9.17) is 5.73 Å². The van der Waals surface area contributed by atoms with Crippen LogP contribution in [0.5, 0.6) is 0 Å². The highest BCUT2D eigenvalue weighted by Gasteiger charge is 2.09. The molecule has 3 N–H and O–H groups in total. The van der Waals surface area contributed by atoms with Gasteiger partial charge >= 0.3 is 0 Å². The van der Waals surface area contributed by atoms with Crippen molar-refractivity contribution >= 4 is 17.7 Å². The number of hydrogen-bond acceptors (Lipinski definition) is 3. The van der Waals surface area contributed by atoms with Gasteiger partial charge in [0, 0.05) is 23.1 Å². The van der Waals surface area contributed by atoms with Gasteiger partial charge in [0.1, 0.15) is 0 Å². The molecule has 1 aromatic carbocycles. The van der Waals surface area contributed by atoms with Crippen LogP contribution in [0.3, 0.4) is 0 Å². The van der Waals surface area contributed by atoms with Gasteiger partial charge in [0.2, 0.25) is 5.91 Å². The zero-order valence-corrected chi connectivity index (χ0v) is 12.8. The van der Waals surface area contributed by atoms with E-state index in [1.807, 2.05) is 6.92 Å². The molecule has 1 amide bonds. The fourth-order valence-corrected chi connectivity index (χ4v) is 2.57. The molecule has 0 fully saturated rings. The first-order valence-electron chi connectivity index (χ1n) is 6.70. The van der Waals surface area contributed by atoms with Gasteiger partial charge in [-0.1, -0.05) is 32.9 Å². The monoisotopic (exact) mass is 280 g/mol. The lowest BCUT2D eigenvalue weighted by Gasteiger charge is -2.10. The van der Waals surface area contributed by atoms with Crippen molar-refractivity contribution in [1.82, 2.24) is 5.32 Å². The number of carbonyl (C=O) groups excluding carboxylic acids is 1. The van der Waals surface area contributed by atoms with E-state index in [-0.39, 0.29) is 11.8 Å². The summed E-state index contributed by atoms with van der Waals surface area (Å²) in [5.74, 6) is 1.07. The van der Waals surface area contributed by atoms with E-state index in [1.54, 1.807) is 11.8 Å². The van der Waals surface area contributed by atoms with Crippen LogP contribution in [-0.4, -0.2) is 18.2 Å². The SMILES string of the molecule is CC(C)CNCc1cccc(SCC(C)C(N)=O)c1. The van der Waals surface area contributed by atoms with Crippen molar-refractivity contribution in [3.63, 3.8) is 0 Å². The number of nitrogens with one attached hydrogen (secondary N) is 1. The van der Waals surface area contributed by atoms with Gasteiger partial charge < -0.3 is 11.1 Å². The molecule has 1 rings (SSSR count). The smallest absolute Gasteiger partial charge is 0.221 e. The number of carbonyl (C=O) groups is 1. The number of amides is 1. The van der Waals surface area contributed by atoms with Crippen molar-refractivity contribution in [1.29, 1.82) is 0 Å². The molecule has 1 aromatic rings. The zero-order chi connectivity index (χ0) is 14.3. The minimum absolute atomic E-state index is 0.0901. The van der Waals surface area contributed by atoms with Crippen LogP contribution in [0.25, 0.3) is 0 Å². The number of thioether (sulfide) groups is 1. The van der Waals surface area contributed by atoms with Crippen molar-refractivity contribution in [2.45, 2.75) is 32.2 Å². The number of nitrogens with two attached hydrogens (primary N) is 1. The lowest BCUT2D eigenvalue weighted by atomic mass is 10.2. The van der Waals surface area contributed by atoms with Gasteiger partial charge in [-0.25, -0.2) is 0 Å². The normalized spacial score (nSPS) is 12.6. The molecule has 0 saturated heterocycles. The first-order chi connectivity index (χ1) is 8.99. The van der Waals surface area contributed by atoms with Gasteiger partial charge in [-0.3, -0.25) is 4.79 Å². The number of hydrogen-bond donors (Lipinski definition) is 2. The first-order valence-corrected chi connectivity index (χ1v) is 7.69. The zero-order valence-electron chi connectivity index (χ0n) is 12.0. The average Bonchev–Trinajstić information content (AvgIpc) is 2.36. The van der Waals surface area contributed by atoms with Gasteiger partial charge in [0.05, 0.1) is 0 Å². The minimum atomic E-state index is -0.234. The maximum absolute atomic E-state index is 11.0. The third kappa shape index (κ3) is 6.64. The molecule has 0 aliphatic rings. The van der Waals surface area contributed by atoms with Crippen LogP contribution in [0, 0.1) is 11.8 Å². The number of benzene rings is 1. The summed E-state index contributed by atoms with van der Waals surface area (Å²) in [7, 11) is 0. The second-order valence-electron chi connectivity index (χ2n) is 5.29. The molecule has 0 aromatic heterocycles. The molecule has 0 spiro atoms. The van der Waals surface area contributed by atoms with Gasteiger partial charge in [0.15, 0.2) is 0 Å². The van der Waals surface area contributed by atoms with E-state index >= 15 is 0 Å². The Labute approximate surface area is 120 Å². The lowest BCUT2D eigenvalue weighted by molar-refractivity contribution is -0.120. The van der Waals surface area contributed by atoms with Crippen molar-refractivity contribution in [3.8, 4) is 0 Å². The molecule has 0 aliphatic carbocycles. The second-order valence-corrected chi connectivity index (χ2v) is 6.38. The van der Waals surface area contributed by atoms with Gasteiger partial charge in [-0.2, -0.15) is 0 Å². The highest BCUT2D eigenvalue weighted by Crippen LogP contribution is 2.21. The van der Waals surface area contributed by atoms with Crippen LogP contribution in [0.1, 0.15) is 26.3 Å². The first kappa shape index (κ1) is 16.1. The van der Waals surface area contributed by atoms with Crippen LogP contribution in [0.2, 0.25) is 0 Å². The molecule has 0 saturated carbocycles. The van der Waals surface area contributed by atoms with E-state index in [0.717, 1.165) is 18.8 Å². The van der Waals surface area contributed by atoms with Crippen LogP contribution >= 0.6 is 11.8 Å². The Morgan fingerprint density at radius 1 is 1.37 bits per heavy atom. The van der Waals surface area contributed by atoms with E-state index in [2.05, 4.69) is 43.4 Å². The van der Waals surface area contributed by atoms with Crippen LogP contribution < -0.4 is 11.1 Å². The molecule has 0 bridgehead atoms. The molecule has 19 heavy (non-hydrogen) atoms. The van der Waals surface area contributed by atoms with Crippen molar-refractivity contribution in [3.05, 3.63) is 29.8 Å². The molecule has 4 heteroatoms. The Morgan fingerprint density at radius 3 is 2.74 bits per heavy atom. The Kier molecular flexibility index (Phi) is 6.95. The third-order valence-corrected chi connectivity index (χ3v) is 4.02. The highest BCUT2D eigenvalue weighted by atomic mass is 32.2. The molecule has 0 aliphatic heterocycles. The predicted octanol–water partition coefficient (Wildman–Crippen LogP) is 2.65. The Morgan fingerprint density at radius 2 is 2.11 bits per heavy atom. The molecular weight excluding hydrogens is 256 g/mol. The van der Waals surface area contributed by atoms with E-state index in [0.29, 0.717) is 5.92 Å². The maximum atomic E-state index is 11.0. The van der Waals surface area contributed by atoms with E-state index in [1.165, 1.54) is 10.5 Å². The Balaban J connectivity index is 2.45. The van der Waals surface area contributed by atoms with Crippen LogP contribution in [-0.2, 0) is 11.3 Å². The van der Waals surface area contributed by atoms with Crippen LogP contribution in [0.4, 0.5) is 0 Å². The van der Waals surface area contributed by atoms with Crippen molar-refractivity contribution in [2.24, 2.45) is 17.6 Å². The molecule has 0 radical (unpaired) electrons. The Bertz CT molecular complexity index is 407. The largest absolute Gasteiger partial charge is 0.369 e. The second kappa shape index (κ2) is 8.23. The molecule has 0 heterocycles. The maximum Gasteiger partial charge on any atom is 0.221 e. The predicted molar refractivity (Wildman–Crippen MR) is 82.1 cm³/mol. The molecular formula is C15H24N2OS. The van der Waals surface area contributed by atoms with Gasteiger partial charge in [-0.05, 0) is 30.2 Å². The molecule has 1 atom stereocenters. The fraction of sp³-hybridized carbons (Fsp3) is 0.533. The van der Waals surface area contributed by atoms with Crippen molar-refractivity contribution in [2.75, 3.05) is 12.3 Å². The topological polar surface area (TPSA) is 55.1 Å². The standard InChI is InChI=1S/C15H24N2OS/c1-11(2)8-17-9-13-5-4-6-14(7-13)19-10-12(3)15(16)18/h4-7,11-12,17H,8-10H2,1-3H3,(H2,16,18). The average molecular weight is 280 g/mol. The third-order valence-electron chi connectivity index (χ3n) is 2.77. The van der Waals surface area contributed by atoms with E-state index < -0.39 is 0 Å². The van der Waals surface area contributed by atoms with Gasteiger partial charge in [-0.15, -0.1) is 11.8 Å². The molecule has 106 valence electrons. The van der Waals surface area contributed by atoms with Crippen molar-refractivity contribution < 1.29 is 4.79 Å². The summed E-state index contributed by atoms with van der Waals surface area (Å²) >= 11 is 1.68. The highest BCUT2D eigenvalue weighted by molar-refractivity contribution is 7.99. The summed E-state index contributed by atoms with van der Waals surface area (Å²) < 4.78 is 0. The van der Waals surface area contributed by atoms with Crippen LogP contribution in [0.15, 0.2) is 29.2 Å². The minimum Gasteiger partial charge on any atom is -0.369 e. The summed E-state index contributed by atoms with van der Waals surface area (Å²) in [5.41, 5.74) is 6.54.